The molecule has 0 spiro atoms. The van der Waals surface area contributed by atoms with Crippen LogP contribution in [0.25, 0.3) is 16.6 Å². The fourth-order valence-corrected chi connectivity index (χ4v) is 4.06. The first-order chi connectivity index (χ1) is 17.1. The van der Waals surface area contributed by atoms with Crippen molar-refractivity contribution in [2.45, 2.75) is 12.5 Å². The molecule has 0 aliphatic carbocycles. The van der Waals surface area contributed by atoms with E-state index in [1.165, 1.54) is 18.2 Å². The number of carbonyl (C=O) groups is 1. The normalized spacial score (nSPS) is 15.1. The Balaban J connectivity index is 0.000000313. The maximum atomic E-state index is 12.7. The number of aromatic nitrogens is 4. The summed E-state index contributed by atoms with van der Waals surface area (Å²) in [5.41, 5.74) is 1.57. The molecule has 0 saturated carbocycles. The van der Waals surface area contributed by atoms with Gasteiger partial charge in [-0.1, -0.05) is 30.3 Å². The molecule has 1 saturated heterocycles. The summed E-state index contributed by atoms with van der Waals surface area (Å²) < 4.78 is 13.6. The Hall–Kier alpha value is -4.53. The number of imidazole rings is 1. The molecule has 4 heterocycles. The van der Waals surface area contributed by atoms with E-state index in [1.54, 1.807) is 47.1 Å². The van der Waals surface area contributed by atoms with Gasteiger partial charge in [0.1, 0.15) is 17.3 Å². The Morgan fingerprint density at radius 1 is 1.06 bits per heavy atom. The average molecular weight is 471 g/mol. The third-order valence-electron chi connectivity index (χ3n) is 5.80. The number of H-pyrrole nitrogens is 1. The Morgan fingerprint density at radius 2 is 1.86 bits per heavy atom. The van der Waals surface area contributed by atoms with Crippen LogP contribution in [0.4, 0.5) is 10.2 Å². The molecule has 0 bridgehead atoms. The van der Waals surface area contributed by atoms with Crippen molar-refractivity contribution in [2.24, 2.45) is 0 Å². The third kappa shape index (κ3) is 5.03. The highest BCUT2D eigenvalue weighted by Crippen LogP contribution is 2.18. The van der Waals surface area contributed by atoms with Crippen LogP contribution in [0.2, 0.25) is 0 Å². The molecule has 3 aromatic heterocycles. The molecule has 8 nitrogen and oxygen atoms in total. The maximum absolute atomic E-state index is 12.7. The topological polar surface area (TPSA) is 95.4 Å². The Kier molecular flexibility index (Phi) is 6.21. The third-order valence-corrected chi connectivity index (χ3v) is 5.80. The lowest BCUT2D eigenvalue weighted by atomic mass is 10.2. The molecule has 1 amide bonds. The van der Waals surface area contributed by atoms with Crippen molar-refractivity contribution in [3.05, 3.63) is 107 Å². The molecule has 1 fully saturated rings. The number of benzene rings is 2. The number of halogens is 1. The lowest BCUT2D eigenvalue weighted by Crippen LogP contribution is -2.38. The molecule has 1 aliphatic heterocycles. The van der Waals surface area contributed by atoms with Crippen molar-refractivity contribution in [3.63, 3.8) is 0 Å². The second kappa shape index (κ2) is 9.76. The summed E-state index contributed by atoms with van der Waals surface area (Å²) in [6, 6.07) is 20.3. The number of hydrogen-bond donors (Lipinski definition) is 2. The molecule has 1 aliphatic rings. The number of pyridine rings is 1. The Labute approximate surface area is 200 Å². The van der Waals surface area contributed by atoms with Crippen molar-refractivity contribution < 1.29 is 9.18 Å². The fourth-order valence-electron chi connectivity index (χ4n) is 4.06. The van der Waals surface area contributed by atoms with Crippen molar-refractivity contribution in [1.82, 2.24) is 24.9 Å². The minimum atomic E-state index is -0.271. The number of amides is 1. The summed E-state index contributed by atoms with van der Waals surface area (Å²) >= 11 is 0. The summed E-state index contributed by atoms with van der Waals surface area (Å²) in [4.78, 5) is 34.3. The number of hydrogen-bond acceptors (Lipinski definition) is 5. The van der Waals surface area contributed by atoms with Crippen LogP contribution in [0.5, 0.6) is 0 Å². The molecule has 9 heteroatoms. The van der Waals surface area contributed by atoms with Gasteiger partial charge in [0.25, 0.3) is 5.91 Å². The first-order valence-electron chi connectivity index (χ1n) is 11.3. The van der Waals surface area contributed by atoms with Gasteiger partial charge in [-0.3, -0.25) is 9.59 Å². The molecule has 0 radical (unpaired) electrons. The smallest absolute Gasteiger partial charge is 0.268 e. The molecule has 2 aromatic carbocycles. The van der Waals surface area contributed by atoms with Gasteiger partial charge in [0.15, 0.2) is 11.1 Å². The van der Waals surface area contributed by atoms with E-state index >= 15 is 0 Å². The van der Waals surface area contributed by atoms with Crippen molar-refractivity contribution in [3.8, 4) is 0 Å². The van der Waals surface area contributed by atoms with Gasteiger partial charge < -0.3 is 15.2 Å². The first kappa shape index (κ1) is 22.3. The maximum Gasteiger partial charge on any atom is 0.268 e. The highest BCUT2D eigenvalue weighted by Gasteiger charge is 2.26. The minimum absolute atomic E-state index is 0.0113. The van der Waals surface area contributed by atoms with E-state index in [1.807, 2.05) is 24.4 Å². The molecule has 1 atom stereocenters. The number of para-hydroxylation sites is 1. The Bertz CT molecular complexity index is 1530. The van der Waals surface area contributed by atoms with E-state index in [-0.39, 0.29) is 28.9 Å². The van der Waals surface area contributed by atoms with Gasteiger partial charge in [0, 0.05) is 48.5 Å². The lowest BCUT2D eigenvalue weighted by Gasteiger charge is -2.18. The van der Waals surface area contributed by atoms with Crippen molar-refractivity contribution >= 4 is 28.3 Å². The number of nitrogens with one attached hydrogen (secondary N) is 2. The highest BCUT2D eigenvalue weighted by molar-refractivity contribution is 5.95. The zero-order valence-corrected chi connectivity index (χ0v) is 18.8. The monoisotopic (exact) mass is 470 g/mol. The zero-order chi connectivity index (χ0) is 24.2. The van der Waals surface area contributed by atoms with E-state index in [0.29, 0.717) is 17.4 Å². The number of rotatable bonds is 3. The molecule has 0 unspecified atom stereocenters. The first-order valence-corrected chi connectivity index (χ1v) is 11.3. The predicted octanol–water partition coefficient (Wildman–Crippen LogP) is 3.41. The van der Waals surface area contributed by atoms with E-state index in [4.69, 9.17) is 0 Å². The van der Waals surface area contributed by atoms with Gasteiger partial charge in [0.05, 0.1) is 0 Å². The predicted molar refractivity (Wildman–Crippen MR) is 132 cm³/mol. The molecular formula is C26H23FN6O2. The standard InChI is InChI=1S/C20H18N6O2.C6H5F/c27-17-11-16(23-15-4-2-1-3-14(15)17)20(28)22-13-7-9-25(12-13)19-6-5-18-21-8-10-26(18)24-19;7-6-4-2-1-3-5-6/h1-6,8,10-11,13H,7,9,12H2,(H,22,28)(H,23,27);1-5H/t13-;/m0./s1. The summed E-state index contributed by atoms with van der Waals surface area (Å²) in [6.07, 6.45) is 4.33. The summed E-state index contributed by atoms with van der Waals surface area (Å²) in [6.45, 7) is 1.46. The van der Waals surface area contributed by atoms with Crippen molar-refractivity contribution in [2.75, 3.05) is 18.0 Å². The van der Waals surface area contributed by atoms with Crippen LogP contribution in [0.1, 0.15) is 16.9 Å². The lowest BCUT2D eigenvalue weighted by molar-refractivity contribution is 0.0935. The minimum Gasteiger partial charge on any atom is -0.353 e. The second-order valence-electron chi connectivity index (χ2n) is 8.22. The largest absolute Gasteiger partial charge is 0.353 e. The summed E-state index contributed by atoms with van der Waals surface area (Å²) in [5.74, 6) is 0.400. The molecule has 5 aromatic rings. The second-order valence-corrected chi connectivity index (χ2v) is 8.22. The van der Waals surface area contributed by atoms with E-state index in [0.717, 1.165) is 24.4 Å². The number of carbonyl (C=O) groups excluding carboxylic acids is 1. The molecule has 2 N–H and O–H groups in total. The number of fused-ring (bicyclic) bond motifs is 2. The van der Waals surface area contributed by atoms with E-state index in [2.05, 4.69) is 25.3 Å². The Morgan fingerprint density at radius 3 is 2.66 bits per heavy atom. The van der Waals surface area contributed by atoms with Crippen LogP contribution >= 0.6 is 0 Å². The quantitative estimate of drug-likeness (QED) is 0.421. The van der Waals surface area contributed by atoms with Crippen LogP contribution in [0.15, 0.2) is 90.0 Å². The van der Waals surface area contributed by atoms with Crippen molar-refractivity contribution in [1.29, 1.82) is 0 Å². The van der Waals surface area contributed by atoms with Crippen LogP contribution in [-0.4, -0.2) is 44.6 Å². The van der Waals surface area contributed by atoms with E-state index in [9.17, 15) is 14.0 Å². The SMILES string of the molecule is Fc1ccccc1.O=C(N[C@H]1CCN(c2ccc3nccn3n2)C1)c1cc(=O)c2ccccc2[nH]1. The van der Waals surface area contributed by atoms with Gasteiger partial charge >= 0.3 is 0 Å². The van der Waals surface area contributed by atoms with Crippen LogP contribution < -0.4 is 15.6 Å². The van der Waals surface area contributed by atoms with Gasteiger partial charge in [-0.15, -0.1) is 5.10 Å². The average Bonchev–Trinajstić information content (AvgIpc) is 3.54. The summed E-state index contributed by atoms with van der Waals surface area (Å²) in [5, 5.41) is 8.15. The fraction of sp³-hybridized carbons (Fsp3) is 0.154. The molecular weight excluding hydrogens is 447 g/mol. The number of nitrogens with zero attached hydrogens (tertiary/aromatic N) is 4. The van der Waals surface area contributed by atoms with Gasteiger partial charge in [-0.2, -0.15) is 0 Å². The molecule has 35 heavy (non-hydrogen) atoms. The number of aromatic amines is 1. The molecule has 6 rings (SSSR count). The van der Waals surface area contributed by atoms with Gasteiger partial charge in [0.2, 0.25) is 0 Å². The number of anilines is 1. The molecule has 176 valence electrons. The van der Waals surface area contributed by atoms with E-state index < -0.39 is 0 Å². The highest BCUT2D eigenvalue weighted by atomic mass is 19.1. The van der Waals surface area contributed by atoms with Crippen LogP contribution in [0, 0.1) is 5.82 Å². The van der Waals surface area contributed by atoms with Gasteiger partial charge in [-0.05, 0) is 42.8 Å². The van der Waals surface area contributed by atoms with Crippen LogP contribution in [-0.2, 0) is 0 Å². The summed E-state index contributed by atoms with van der Waals surface area (Å²) in [7, 11) is 0. The zero-order valence-electron chi connectivity index (χ0n) is 18.8. The van der Waals surface area contributed by atoms with Gasteiger partial charge in [-0.25, -0.2) is 13.9 Å². The van der Waals surface area contributed by atoms with Crippen LogP contribution in [0.3, 0.4) is 0 Å².